The first kappa shape index (κ1) is 22.3. The van der Waals surface area contributed by atoms with E-state index in [1.54, 1.807) is 41.3 Å². The molecule has 1 aliphatic heterocycles. The fraction of sp³-hybridized carbons (Fsp3) is 0.217. The SMILES string of the molecule is Cc1cc(N2CCOC([C@@H](O)c3nc4ccc5c(N)nsc5c4c(=O)[nH]3)C2=O)nn1-c1cccnc1. The van der Waals surface area contributed by atoms with Crippen LogP contribution in [0.2, 0.25) is 0 Å². The standard InChI is InChI=1S/C23H20N8O4S/c1-11-9-15(28-31(11)12-3-2-6-25-10-12)30-7-8-35-18(23(30)34)17(32)21-26-14-5-4-13-19(36-29-20(13)24)16(14)22(33)27-21/h2-6,9-10,17-18,32H,7-8H2,1H3,(H2,24,29)(H,26,27,33)/t17-,18?/m1/s1. The second-order valence-corrected chi connectivity index (χ2v) is 9.12. The summed E-state index contributed by atoms with van der Waals surface area (Å²) in [7, 11) is 0. The second kappa shape index (κ2) is 8.48. The van der Waals surface area contributed by atoms with Crippen molar-refractivity contribution in [3.8, 4) is 5.69 Å². The molecule has 4 aromatic heterocycles. The molecule has 36 heavy (non-hydrogen) atoms. The van der Waals surface area contributed by atoms with E-state index in [0.29, 0.717) is 32.6 Å². The normalized spacial score (nSPS) is 17.2. The fourth-order valence-corrected chi connectivity index (χ4v) is 5.18. The number of fused-ring (bicyclic) bond motifs is 3. The number of nitrogens with zero attached hydrogens (tertiary/aromatic N) is 6. The smallest absolute Gasteiger partial charge is 0.260 e. The summed E-state index contributed by atoms with van der Waals surface area (Å²) in [6.07, 6.45) is 0.571. The van der Waals surface area contributed by atoms with Crippen LogP contribution in [0, 0.1) is 6.92 Å². The number of anilines is 2. The van der Waals surface area contributed by atoms with Crippen LogP contribution in [0.5, 0.6) is 0 Å². The molecule has 4 N–H and O–H groups in total. The summed E-state index contributed by atoms with van der Waals surface area (Å²) in [5.41, 5.74) is 7.33. The van der Waals surface area contributed by atoms with E-state index in [-0.39, 0.29) is 19.0 Å². The van der Waals surface area contributed by atoms with Crippen LogP contribution in [0.25, 0.3) is 26.7 Å². The third kappa shape index (κ3) is 3.52. The number of benzene rings is 1. The number of aliphatic hydroxyl groups is 1. The maximum atomic E-state index is 13.4. The van der Waals surface area contributed by atoms with Crippen LogP contribution in [-0.2, 0) is 9.53 Å². The van der Waals surface area contributed by atoms with E-state index in [4.69, 9.17) is 10.5 Å². The Morgan fingerprint density at radius 1 is 1.31 bits per heavy atom. The molecule has 182 valence electrons. The van der Waals surface area contributed by atoms with Gasteiger partial charge in [0.1, 0.15) is 17.7 Å². The fourth-order valence-electron chi connectivity index (χ4n) is 4.34. The largest absolute Gasteiger partial charge is 0.382 e. The third-order valence-corrected chi connectivity index (χ3v) is 6.98. The molecule has 1 aliphatic rings. The van der Waals surface area contributed by atoms with E-state index in [9.17, 15) is 14.7 Å². The molecular formula is C23H20N8O4S. The average Bonchev–Trinajstić information content (AvgIpc) is 3.46. The van der Waals surface area contributed by atoms with Crippen molar-refractivity contribution in [1.29, 1.82) is 0 Å². The Kier molecular flexibility index (Phi) is 5.25. The van der Waals surface area contributed by atoms with Crippen LogP contribution >= 0.6 is 11.5 Å². The van der Waals surface area contributed by atoms with Gasteiger partial charge in [-0.25, -0.2) is 9.67 Å². The lowest BCUT2D eigenvalue weighted by atomic mass is 10.1. The number of rotatable bonds is 4. The number of H-pyrrole nitrogens is 1. The predicted octanol–water partition coefficient (Wildman–Crippen LogP) is 1.47. The topological polar surface area (TPSA) is 165 Å². The minimum Gasteiger partial charge on any atom is -0.382 e. The lowest BCUT2D eigenvalue weighted by Crippen LogP contribution is -2.50. The van der Waals surface area contributed by atoms with E-state index in [1.807, 2.05) is 13.0 Å². The van der Waals surface area contributed by atoms with Gasteiger partial charge in [-0.2, -0.15) is 4.37 Å². The van der Waals surface area contributed by atoms with E-state index in [0.717, 1.165) is 22.9 Å². The highest BCUT2D eigenvalue weighted by Gasteiger charge is 2.39. The van der Waals surface area contributed by atoms with Gasteiger partial charge in [-0.05, 0) is 42.7 Å². The molecule has 2 atom stereocenters. The third-order valence-electron chi connectivity index (χ3n) is 6.09. The summed E-state index contributed by atoms with van der Waals surface area (Å²) < 4.78 is 12.0. The number of amides is 1. The lowest BCUT2D eigenvalue weighted by Gasteiger charge is -2.32. The van der Waals surface area contributed by atoms with Crippen molar-refractivity contribution in [1.82, 2.24) is 29.1 Å². The highest BCUT2D eigenvalue weighted by Crippen LogP contribution is 2.31. The Morgan fingerprint density at radius 3 is 2.97 bits per heavy atom. The molecule has 5 heterocycles. The Morgan fingerprint density at radius 2 is 2.17 bits per heavy atom. The van der Waals surface area contributed by atoms with Crippen LogP contribution in [0.3, 0.4) is 0 Å². The molecule has 1 aromatic carbocycles. The number of hydrogen-bond acceptors (Lipinski definition) is 10. The zero-order chi connectivity index (χ0) is 25.0. The van der Waals surface area contributed by atoms with Gasteiger partial charge < -0.3 is 20.6 Å². The van der Waals surface area contributed by atoms with Gasteiger partial charge >= 0.3 is 0 Å². The van der Waals surface area contributed by atoms with Crippen molar-refractivity contribution in [2.24, 2.45) is 0 Å². The minimum absolute atomic E-state index is 0.0680. The molecule has 12 nitrogen and oxygen atoms in total. The van der Waals surface area contributed by atoms with Crippen LogP contribution in [0.1, 0.15) is 17.6 Å². The second-order valence-electron chi connectivity index (χ2n) is 8.35. The molecule has 1 amide bonds. The molecule has 1 unspecified atom stereocenters. The summed E-state index contributed by atoms with van der Waals surface area (Å²) >= 11 is 1.10. The van der Waals surface area contributed by atoms with Crippen LogP contribution in [0.15, 0.2) is 47.5 Å². The van der Waals surface area contributed by atoms with Crippen molar-refractivity contribution >= 4 is 50.1 Å². The van der Waals surface area contributed by atoms with Gasteiger partial charge in [0.25, 0.3) is 11.5 Å². The molecule has 0 spiro atoms. The predicted molar refractivity (Wildman–Crippen MR) is 133 cm³/mol. The molecule has 1 fully saturated rings. The highest BCUT2D eigenvalue weighted by atomic mass is 32.1. The molecule has 13 heteroatoms. The Labute approximate surface area is 207 Å². The number of aryl methyl sites for hydroxylation is 1. The maximum absolute atomic E-state index is 13.4. The van der Waals surface area contributed by atoms with Gasteiger partial charge in [0.15, 0.2) is 11.9 Å². The molecule has 1 saturated heterocycles. The molecule has 0 radical (unpaired) electrons. The molecule has 0 bridgehead atoms. The molecule has 6 rings (SSSR count). The molecule has 0 aliphatic carbocycles. The van der Waals surface area contributed by atoms with Crippen molar-refractivity contribution in [2.75, 3.05) is 23.8 Å². The summed E-state index contributed by atoms with van der Waals surface area (Å²) in [6.45, 7) is 2.31. The Bertz CT molecular complexity index is 1680. The van der Waals surface area contributed by atoms with E-state index >= 15 is 0 Å². The Hall–Kier alpha value is -4.20. The van der Waals surface area contributed by atoms with Crippen molar-refractivity contribution in [3.63, 3.8) is 0 Å². The number of ether oxygens (including phenoxy) is 1. The van der Waals surface area contributed by atoms with Gasteiger partial charge in [0.2, 0.25) is 0 Å². The van der Waals surface area contributed by atoms with E-state index in [2.05, 4.69) is 24.4 Å². The van der Waals surface area contributed by atoms with Gasteiger partial charge in [0, 0.05) is 23.3 Å². The summed E-state index contributed by atoms with van der Waals surface area (Å²) in [5.74, 6) is 0.203. The zero-order valence-corrected chi connectivity index (χ0v) is 19.8. The van der Waals surface area contributed by atoms with Crippen LogP contribution < -0.4 is 16.2 Å². The monoisotopic (exact) mass is 504 g/mol. The number of aromatic nitrogens is 6. The zero-order valence-electron chi connectivity index (χ0n) is 19.0. The van der Waals surface area contributed by atoms with Crippen molar-refractivity contribution in [2.45, 2.75) is 19.1 Å². The number of nitrogen functional groups attached to an aromatic ring is 1. The summed E-state index contributed by atoms with van der Waals surface area (Å²) in [5, 5.41) is 16.6. The minimum atomic E-state index is -1.50. The van der Waals surface area contributed by atoms with Crippen molar-refractivity contribution < 1.29 is 14.6 Å². The van der Waals surface area contributed by atoms with E-state index < -0.39 is 23.7 Å². The van der Waals surface area contributed by atoms with Crippen LogP contribution in [0.4, 0.5) is 11.6 Å². The summed E-state index contributed by atoms with van der Waals surface area (Å²) in [6, 6.07) is 8.80. The lowest BCUT2D eigenvalue weighted by molar-refractivity contribution is -0.143. The number of nitrogens with two attached hydrogens (primary N) is 1. The number of hydrogen-bond donors (Lipinski definition) is 3. The first-order chi connectivity index (χ1) is 17.4. The number of nitrogens with one attached hydrogen (secondary N) is 1. The first-order valence-electron chi connectivity index (χ1n) is 11.1. The van der Waals surface area contributed by atoms with Gasteiger partial charge in [0.05, 0.1) is 40.6 Å². The van der Waals surface area contributed by atoms with Gasteiger partial charge in [-0.15, -0.1) is 5.10 Å². The van der Waals surface area contributed by atoms with Crippen LogP contribution in [-0.4, -0.2) is 59.4 Å². The quantitative estimate of drug-likeness (QED) is 0.328. The number of carbonyl (C=O) groups excluding carboxylic acids is 1. The highest BCUT2D eigenvalue weighted by molar-refractivity contribution is 7.14. The maximum Gasteiger partial charge on any atom is 0.260 e. The van der Waals surface area contributed by atoms with Gasteiger partial charge in [-0.1, -0.05) is 0 Å². The first-order valence-corrected chi connectivity index (χ1v) is 11.9. The number of carbonyl (C=O) groups is 1. The number of aromatic amines is 1. The Balaban J connectivity index is 1.32. The number of pyridine rings is 1. The van der Waals surface area contributed by atoms with Gasteiger partial charge in [-0.3, -0.25) is 19.5 Å². The number of aliphatic hydroxyl groups excluding tert-OH is 1. The molecule has 5 aromatic rings. The van der Waals surface area contributed by atoms with Crippen molar-refractivity contribution in [3.05, 3.63) is 64.6 Å². The molecular weight excluding hydrogens is 484 g/mol. The summed E-state index contributed by atoms with van der Waals surface area (Å²) in [4.78, 5) is 38.9. The number of morpholine rings is 1. The van der Waals surface area contributed by atoms with E-state index in [1.165, 1.54) is 4.90 Å². The average molecular weight is 505 g/mol. The molecule has 0 saturated carbocycles.